The van der Waals surface area contributed by atoms with E-state index in [1.54, 1.807) is 0 Å². The van der Waals surface area contributed by atoms with E-state index < -0.39 is 0 Å². The van der Waals surface area contributed by atoms with Crippen molar-refractivity contribution in [2.24, 2.45) is 0 Å². The number of imidazole rings is 1. The maximum atomic E-state index is 5.64. The number of benzene rings is 1. The van der Waals surface area contributed by atoms with Gasteiger partial charge in [0, 0.05) is 0 Å². The number of hydrogen-bond donors (Lipinski definition) is 1. The summed E-state index contributed by atoms with van der Waals surface area (Å²) in [5, 5.41) is 0.480. The molecule has 0 amide bonds. The summed E-state index contributed by atoms with van der Waals surface area (Å²) in [6, 6.07) is 10.3. The summed E-state index contributed by atoms with van der Waals surface area (Å²) in [4.78, 5) is 6.70. The fourth-order valence-electron chi connectivity index (χ4n) is 1.08. The summed E-state index contributed by atoms with van der Waals surface area (Å²) in [6.07, 6.45) is 1.52. The van der Waals surface area contributed by atoms with Crippen molar-refractivity contribution in [1.29, 1.82) is 0 Å². The van der Waals surface area contributed by atoms with Gasteiger partial charge in [-0.1, -0.05) is 41.9 Å². The van der Waals surface area contributed by atoms with Crippen LogP contribution in [0, 0.1) is 0 Å². The third-order valence-electron chi connectivity index (χ3n) is 1.74. The fraction of sp³-hybridized carbons (Fsp3) is 0.100. The van der Waals surface area contributed by atoms with Gasteiger partial charge in [0.1, 0.15) is 11.8 Å². The van der Waals surface area contributed by atoms with Crippen molar-refractivity contribution in [3.8, 4) is 6.01 Å². The van der Waals surface area contributed by atoms with Gasteiger partial charge >= 0.3 is 0 Å². The lowest BCUT2D eigenvalue weighted by molar-refractivity contribution is 0.284. The molecule has 0 unspecified atom stereocenters. The molecule has 1 heterocycles. The lowest BCUT2D eigenvalue weighted by Crippen LogP contribution is -1.95. The second-order valence-corrected chi connectivity index (χ2v) is 3.22. The van der Waals surface area contributed by atoms with Crippen LogP contribution < -0.4 is 4.74 Å². The van der Waals surface area contributed by atoms with E-state index in [4.69, 9.17) is 16.3 Å². The number of ether oxygens (including phenoxy) is 1. The smallest absolute Gasteiger partial charge is 0.295 e. The van der Waals surface area contributed by atoms with Gasteiger partial charge in [-0.25, -0.2) is 4.98 Å². The van der Waals surface area contributed by atoms with E-state index in [1.165, 1.54) is 6.20 Å². The number of hydrogen-bond acceptors (Lipinski definition) is 2. The summed E-state index contributed by atoms with van der Waals surface area (Å²) < 4.78 is 5.36. The zero-order chi connectivity index (χ0) is 9.80. The van der Waals surface area contributed by atoms with Gasteiger partial charge in [-0.15, -0.1) is 0 Å². The Morgan fingerprint density at radius 3 is 2.71 bits per heavy atom. The third-order valence-corrected chi connectivity index (χ3v) is 1.93. The SMILES string of the molecule is Clc1cnc(OCc2ccccc2)[nH]1. The molecule has 4 heteroatoms. The molecule has 1 N–H and O–H groups in total. The van der Waals surface area contributed by atoms with Crippen LogP contribution in [0.3, 0.4) is 0 Å². The van der Waals surface area contributed by atoms with Crippen molar-refractivity contribution in [1.82, 2.24) is 9.97 Å². The molecule has 0 radical (unpaired) electrons. The van der Waals surface area contributed by atoms with Gasteiger partial charge in [0.15, 0.2) is 0 Å². The van der Waals surface area contributed by atoms with Crippen LogP contribution >= 0.6 is 11.6 Å². The summed E-state index contributed by atoms with van der Waals surface area (Å²) in [7, 11) is 0. The summed E-state index contributed by atoms with van der Waals surface area (Å²) >= 11 is 5.64. The van der Waals surface area contributed by atoms with Crippen molar-refractivity contribution in [3.63, 3.8) is 0 Å². The molecule has 0 atom stereocenters. The molecule has 0 spiro atoms. The van der Waals surface area contributed by atoms with Crippen molar-refractivity contribution in [2.45, 2.75) is 6.61 Å². The first kappa shape index (κ1) is 9.09. The Morgan fingerprint density at radius 1 is 1.29 bits per heavy atom. The molecular formula is C10H9ClN2O. The second-order valence-electron chi connectivity index (χ2n) is 2.81. The fourth-order valence-corrected chi connectivity index (χ4v) is 1.21. The van der Waals surface area contributed by atoms with Gasteiger partial charge in [-0.2, -0.15) is 0 Å². The topological polar surface area (TPSA) is 37.9 Å². The minimum atomic E-state index is 0.443. The minimum absolute atomic E-state index is 0.443. The molecule has 1 aromatic heterocycles. The molecule has 2 aromatic rings. The predicted molar refractivity (Wildman–Crippen MR) is 54.4 cm³/mol. The predicted octanol–water partition coefficient (Wildman–Crippen LogP) is 2.64. The highest BCUT2D eigenvalue weighted by molar-refractivity contribution is 6.29. The van der Waals surface area contributed by atoms with E-state index in [1.807, 2.05) is 30.3 Å². The van der Waals surface area contributed by atoms with Gasteiger partial charge in [-0.05, 0) is 5.56 Å². The molecule has 0 saturated heterocycles. The van der Waals surface area contributed by atoms with Crippen LogP contribution in [0.1, 0.15) is 5.56 Å². The molecule has 0 saturated carbocycles. The number of nitrogens with zero attached hydrogens (tertiary/aromatic N) is 1. The zero-order valence-corrected chi connectivity index (χ0v) is 8.16. The summed E-state index contributed by atoms with van der Waals surface area (Å²) in [5.74, 6) is 0. The first-order valence-electron chi connectivity index (χ1n) is 4.22. The van der Waals surface area contributed by atoms with Gasteiger partial charge < -0.3 is 4.74 Å². The maximum Gasteiger partial charge on any atom is 0.295 e. The molecule has 0 aliphatic rings. The molecule has 72 valence electrons. The van der Waals surface area contributed by atoms with E-state index in [-0.39, 0.29) is 0 Å². The van der Waals surface area contributed by atoms with Gasteiger partial charge in [0.25, 0.3) is 6.01 Å². The molecule has 1 aromatic carbocycles. The molecule has 14 heavy (non-hydrogen) atoms. The highest BCUT2D eigenvalue weighted by Gasteiger charge is 1.98. The van der Waals surface area contributed by atoms with Crippen LogP contribution in [0.5, 0.6) is 6.01 Å². The number of H-pyrrole nitrogens is 1. The molecule has 0 bridgehead atoms. The molecule has 0 fully saturated rings. The van der Waals surface area contributed by atoms with Crippen LogP contribution in [0.25, 0.3) is 0 Å². The third kappa shape index (κ3) is 2.26. The average molecular weight is 209 g/mol. The Bertz CT molecular complexity index is 400. The summed E-state index contributed by atoms with van der Waals surface area (Å²) in [6.45, 7) is 0.491. The molecular weight excluding hydrogens is 200 g/mol. The Morgan fingerprint density at radius 2 is 2.07 bits per heavy atom. The van der Waals surface area contributed by atoms with Crippen molar-refractivity contribution in [2.75, 3.05) is 0 Å². The molecule has 2 rings (SSSR count). The van der Waals surface area contributed by atoms with Crippen LogP contribution in [0.15, 0.2) is 36.5 Å². The second kappa shape index (κ2) is 4.15. The molecule has 3 nitrogen and oxygen atoms in total. The van der Waals surface area contributed by atoms with Crippen LogP contribution in [-0.4, -0.2) is 9.97 Å². The monoisotopic (exact) mass is 208 g/mol. The number of nitrogens with one attached hydrogen (secondary N) is 1. The van der Waals surface area contributed by atoms with Crippen LogP contribution in [0.4, 0.5) is 0 Å². The molecule has 0 aliphatic carbocycles. The van der Waals surface area contributed by atoms with Gasteiger partial charge in [0.2, 0.25) is 0 Å². The van der Waals surface area contributed by atoms with E-state index in [9.17, 15) is 0 Å². The number of rotatable bonds is 3. The molecule has 0 aliphatic heterocycles. The highest BCUT2D eigenvalue weighted by Crippen LogP contribution is 2.11. The summed E-state index contributed by atoms with van der Waals surface area (Å²) in [5.41, 5.74) is 1.10. The van der Waals surface area contributed by atoms with Crippen molar-refractivity contribution >= 4 is 11.6 Å². The maximum absolute atomic E-state index is 5.64. The van der Waals surface area contributed by atoms with Crippen LogP contribution in [-0.2, 0) is 6.61 Å². The standard InChI is InChI=1S/C10H9ClN2O/c11-9-6-12-10(13-9)14-7-8-4-2-1-3-5-8/h1-6H,7H2,(H,12,13). The number of halogens is 1. The normalized spacial score (nSPS) is 10.1. The van der Waals surface area contributed by atoms with Crippen LogP contribution in [0.2, 0.25) is 5.15 Å². The van der Waals surface area contributed by atoms with Gasteiger partial charge in [-0.3, -0.25) is 4.98 Å². The van der Waals surface area contributed by atoms with E-state index in [0.29, 0.717) is 17.8 Å². The number of aromatic nitrogens is 2. The quantitative estimate of drug-likeness (QED) is 0.842. The first-order chi connectivity index (χ1) is 6.84. The Hall–Kier alpha value is -1.48. The lowest BCUT2D eigenvalue weighted by Gasteiger charge is -2.01. The van der Waals surface area contributed by atoms with Gasteiger partial charge in [0.05, 0.1) is 6.20 Å². The zero-order valence-electron chi connectivity index (χ0n) is 7.40. The highest BCUT2D eigenvalue weighted by atomic mass is 35.5. The Labute approximate surface area is 86.7 Å². The first-order valence-corrected chi connectivity index (χ1v) is 4.59. The Balaban J connectivity index is 1.95. The van der Waals surface area contributed by atoms with E-state index >= 15 is 0 Å². The van der Waals surface area contributed by atoms with Crippen molar-refractivity contribution in [3.05, 3.63) is 47.2 Å². The van der Waals surface area contributed by atoms with E-state index in [2.05, 4.69) is 9.97 Å². The van der Waals surface area contributed by atoms with E-state index in [0.717, 1.165) is 5.56 Å². The number of aromatic amines is 1. The average Bonchev–Trinajstić information content (AvgIpc) is 2.63. The Kier molecular flexibility index (Phi) is 2.70. The minimum Gasteiger partial charge on any atom is -0.460 e. The largest absolute Gasteiger partial charge is 0.460 e. The lowest BCUT2D eigenvalue weighted by atomic mass is 10.2. The van der Waals surface area contributed by atoms with Crippen molar-refractivity contribution < 1.29 is 4.74 Å².